The molecule has 84 valence electrons. The normalized spacial score (nSPS) is 9.65. The summed E-state index contributed by atoms with van der Waals surface area (Å²) in [5, 5.41) is 8.71. The van der Waals surface area contributed by atoms with Gasteiger partial charge in [0.2, 0.25) is 5.88 Å². The number of nitrogen functional groups attached to an aromatic ring is 1. The highest BCUT2D eigenvalue weighted by Gasteiger charge is 2.08. The van der Waals surface area contributed by atoms with Gasteiger partial charge in [-0.2, -0.15) is 5.26 Å². The van der Waals surface area contributed by atoms with Crippen molar-refractivity contribution in [2.24, 2.45) is 0 Å². The molecule has 0 aliphatic heterocycles. The lowest BCUT2D eigenvalue weighted by molar-refractivity contribution is 0.397. The Morgan fingerprint density at radius 2 is 2.18 bits per heavy atom. The topological polar surface area (TPSA) is 111 Å². The van der Waals surface area contributed by atoms with E-state index in [1.165, 1.54) is 19.6 Å². The van der Waals surface area contributed by atoms with E-state index in [0.29, 0.717) is 17.4 Å². The van der Waals surface area contributed by atoms with Crippen molar-refractivity contribution in [3.8, 4) is 23.5 Å². The standard InChI is InChI=1S/C10H8N6O/c1-17-8-2-7(14-5-15-8)10-13-4-6(3-11)9(12)16-10/h2,4-5H,1H3,(H2,12,13,16). The summed E-state index contributed by atoms with van der Waals surface area (Å²) >= 11 is 0. The van der Waals surface area contributed by atoms with Gasteiger partial charge in [0.1, 0.15) is 29.5 Å². The number of anilines is 1. The summed E-state index contributed by atoms with van der Waals surface area (Å²) in [6.45, 7) is 0. The van der Waals surface area contributed by atoms with Gasteiger partial charge in [-0.05, 0) is 0 Å². The Morgan fingerprint density at radius 3 is 2.82 bits per heavy atom. The van der Waals surface area contributed by atoms with Gasteiger partial charge < -0.3 is 10.5 Å². The molecular formula is C10H8N6O. The summed E-state index contributed by atoms with van der Waals surface area (Å²) < 4.78 is 4.96. The Labute approximate surface area is 96.9 Å². The van der Waals surface area contributed by atoms with Gasteiger partial charge in [-0.3, -0.25) is 0 Å². The van der Waals surface area contributed by atoms with Crippen molar-refractivity contribution in [3.05, 3.63) is 24.2 Å². The van der Waals surface area contributed by atoms with Crippen molar-refractivity contribution < 1.29 is 4.74 Å². The molecule has 2 N–H and O–H groups in total. The summed E-state index contributed by atoms with van der Waals surface area (Å²) in [5.74, 6) is 0.846. The molecule has 7 heteroatoms. The minimum absolute atomic E-state index is 0.120. The Balaban J connectivity index is 2.46. The minimum atomic E-state index is 0.120. The molecule has 2 aromatic heterocycles. The van der Waals surface area contributed by atoms with E-state index in [0.717, 1.165) is 0 Å². The Hall–Kier alpha value is -2.75. The van der Waals surface area contributed by atoms with Crippen molar-refractivity contribution in [2.45, 2.75) is 0 Å². The van der Waals surface area contributed by atoms with Crippen LogP contribution in [0.2, 0.25) is 0 Å². The highest BCUT2D eigenvalue weighted by Crippen LogP contribution is 2.17. The third-order valence-electron chi connectivity index (χ3n) is 2.02. The number of nitriles is 1. The molecule has 2 heterocycles. The molecule has 17 heavy (non-hydrogen) atoms. The molecule has 0 atom stereocenters. The Bertz CT molecular complexity index is 592. The van der Waals surface area contributed by atoms with E-state index >= 15 is 0 Å². The lowest BCUT2D eigenvalue weighted by Gasteiger charge is -2.02. The number of hydrogen-bond acceptors (Lipinski definition) is 7. The molecule has 2 rings (SSSR count). The number of ether oxygens (including phenoxy) is 1. The number of nitrogens with zero attached hydrogens (tertiary/aromatic N) is 5. The molecule has 0 aliphatic rings. The van der Waals surface area contributed by atoms with Gasteiger partial charge in [0, 0.05) is 6.07 Å². The SMILES string of the molecule is COc1cc(-c2ncc(C#N)c(N)n2)ncn1. The van der Waals surface area contributed by atoms with Crippen molar-refractivity contribution in [1.29, 1.82) is 5.26 Å². The minimum Gasteiger partial charge on any atom is -0.481 e. The predicted octanol–water partition coefficient (Wildman–Crippen LogP) is 0.396. The maximum Gasteiger partial charge on any atom is 0.216 e. The molecule has 0 saturated heterocycles. The summed E-state index contributed by atoms with van der Waals surface area (Å²) in [6, 6.07) is 3.47. The molecule has 0 fully saturated rings. The fourth-order valence-corrected chi connectivity index (χ4v) is 1.18. The number of nitrogens with two attached hydrogens (primary N) is 1. The average molecular weight is 228 g/mol. The lowest BCUT2D eigenvalue weighted by Crippen LogP contribution is -2.00. The Kier molecular flexibility index (Phi) is 2.79. The van der Waals surface area contributed by atoms with Crippen LogP contribution in [0.25, 0.3) is 11.5 Å². The maximum absolute atomic E-state index is 8.71. The maximum atomic E-state index is 8.71. The predicted molar refractivity (Wildman–Crippen MR) is 58.7 cm³/mol. The molecule has 0 radical (unpaired) electrons. The van der Waals surface area contributed by atoms with Crippen LogP contribution in [0.4, 0.5) is 5.82 Å². The zero-order valence-electron chi connectivity index (χ0n) is 8.95. The number of hydrogen-bond donors (Lipinski definition) is 1. The molecule has 0 aliphatic carbocycles. The van der Waals surface area contributed by atoms with Gasteiger partial charge in [-0.25, -0.2) is 19.9 Å². The van der Waals surface area contributed by atoms with E-state index < -0.39 is 0 Å². The van der Waals surface area contributed by atoms with Gasteiger partial charge in [0.25, 0.3) is 0 Å². The van der Waals surface area contributed by atoms with Gasteiger partial charge >= 0.3 is 0 Å². The quantitative estimate of drug-likeness (QED) is 0.791. The van der Waals surface area contributed by atoms with Crippen LogP contribution in [-0.2, 0) is 0 Å². The van der Waals surface area contributed by atoms with E-state index in [1.807, 2.05) is 6.07 Å². The molecule has 0 spiro atoms. The van der Waals surface area contributed by atoms with Crippen LogP contribution in [0.3, 0.4) is 0 Å². The van der Waals surface area contributed by atoms with E-state index in [-0.39, 0.29) is 11.4 Å². The van der Waals surface area contributed by atoms with Crippen LogP contribution in [0, 0.1) is 11.3 Å². The van der Waals surface area contributed by atoms with Crippen molar-refractivity contribution >= 4 is 5.82 Å². The fraction of sp³-hybridized carbons (Fsp3) is 0.100. The van der Waals surface area contributed by atoms with Crippen LogP contribution in [0.1, 0.15) is 5.56 Å². The van der Waals surface area contributed by atoms with Gasteiger partial charge in [-0.1, -0.05) is 0 Å². The first-order valence-corrected chi connectivity index (χ1v) is 4.63. The van der Waals surface area contributed by atoms with E-state index in [9.17, 15) is 0 Å². The van der Waals surface area contributed by atoms with Gasteiger partial charge in [-0.15, -0.1) is 0 Å². The largest absolute Gasteiger partial charge is 0.481 e. The van der Waals surface area contributed by atoms with Crippen LogP contribution in [0.5, 0.6) is 5.88 Å². The van der Waals surface area contributed by atoms with E-state index in [2.05, 4.69) is 19.9 Å². The first-order chi connectivity index (χ1) is 8.24. The smallest absolute Gasteiger partial charge is 0.216 e. The van der Waals surface area contributed by atoms with Gasteiger partial charge in [0.15, 0.2) is 5.82 Å². The van der Waals surface area contributed by atoms with E-state index in [1.54, 1.807) is 6.07 Å². The first kappa shape index (κ1) is 10.8. The number of rotatable bonds is 2. The summed E-state index contributed by atoms with van der Waals surface area (Å²) in [7, 11) is 1.50. The van der Waals surface area contributed by atoms with Gasteiger partial charge in [0.05, 0.1) is 13.3 Å². The fourth-order valence-electron chi connectivity index (χ4n) is 1.18. The van der Waals surface area contributed by atoms with Crippen LogP contribution in [-0.4, -0.2) is 27.0 Å². The van der Waals surface area contributed by atoms with E-state index in [4.69, 9.17) is 15.7 Å². The first-order valence-electron chi connectivity index (χ1n) is 4.63. The zero-order chi connectivity index (χ0) is 12.3. The lowest BCUT2D eigenvalue weighted by atomic mass is 10.3. The molecule has 7 nitrogen and oxygen atoms in total. The highest BCUT2D eigenvalue weighted by atomic mass is 16.5. The third-order valence-corrected chi connectivity index (χ3v) is 2.02. The van der Waals surface area contributed by atoms with Crippen molar-refractivity contribution in [2.75, 3.05) is 12.8 Å². The van der Waals surface area contributed by atoms with Crippen molar-refractivity contribution in [3.63, 3.8) is 0 Å². The number of aromatic nitrogens is 4. The molecule has 0 bridgehead atoms. The highest BCUT2D eigenvalue weighted by molar-refractivity contribution is 5.56. The van der Waals surface area contributed by atoms with Crippen LogP contribution < -0.4 is 10.5 Å². The second-order valence-electron chi connectivity index (χ2n) is 3.05. The monoisotopic (exact) mass is 228 g/mol. The average Bonchev–Trinajstić information content (AvgIpc) is 2.38. The molecule has 0 amide bonds. The molecule has 0 unspecified atom stereocenters. The third kappa shape index (κ3) is 2.10. The second kappa shape index (κ2) is 4.40. The van der Waals surface area contributed by atoms with Crippen molar-refractivity contribution in [1.82, 2.24) is 19.9 Å². The second-order valence-corrected chi connectivity index (χ2v) is 3.05. The summed E-state index contributed by atoms with van der Waals surface area (Å²) in [5.41, 5.74) is 6.30. The molecule has 2 aromatic rings. The van der Waals surface area contributed by atoms with Crippen LogP contribution >= 0.6 is 0 Å². The summed E-state index contributed by atoms with van der Waals surface area (Å²) in [6.07, 6.45) is 2.69. The molecule has 0 saturated carbocycles. The Morgan fingerprint density at radius 1 is 1.35 bits per heavy atom. The zero-order valence-corrected chi connectivity index (χ0v) is 8.95. The summed E-state index contributed by atoms with van der Waals surface area (Å²) in [4.78, 5) is 15.9. The number of methoxy groups -OCH3 is 1. The van der Waals surface area contributed by atoms with Crippen LogP contribution in [0.15, 0.2) is 18.6 Å². The molecule has 0 aromatic carbocycles. The molecular weight excluding hydrogens is 220 g/mol.